The maximum atomic E-state index is 7.14. The summed E-state index contributed by atoms with van der Waals surface area (Å²) in [5, 5.41) is 3.94. The summed E-state index contributed by atoms with van der Waals surface area (Å²) in [5.74, 6) is 0. The third-order valence-corrected chi connectivity index (χ3v) is 3.46. The molecule has 0 saturated heterocycles. The van der Waals surface area contributed by atoms with E-state index in [2.05, 4.69) is 10.3 Å². The first-order chi connectivity index (χ1) is 7.94. The van der Waals surface area contributed by atoms with Crippen LogP contribution in [0.25, 0.3) is 0 Å². The smallest absolute Gasteiger partial charge is 0.180 e. The van der Waals surface area contributed by atoms with Crippen molar-refractivity contribution in [3.8, 4) is 0 Å². The first-order valence-corrected chi connectivity index (χ1v) is 5.73. The molecule has 1 aliphatic rings. The first-order valence-electron chi connectivity index (χ1n) is 6.41. The zero-order chi connectivity index (χ0) is 12.5. The second-order valence-corrected chi connectivity index (χ2v) is 4.68. The quantitative estimate of drug-likeness (QED) is 0.803. The number of nitrogens with zero attached hydrogens (tertiary/aromatic N) is 1. The molecule has 3 nitrogen and oxygen atoms in total. The van der Waals surface area contributed by atoms with Crippen molar-refractivity contribution >= 4 is 16.5 Å². The number of fused-ring (bicyclic) bond motifs is 1. The second kappa shape index (κ2) is 4.28. The molecule has 78 valence electrons. The molecule has 1 heterocycles. The molecule has 0 fully saturated rings. The van der Waals surface area contributed by atoms with Gasteiger partial charge in [-0.25, -0.2) is 4.98 Å². The number of nitrogens with two attached hydrogens (primary N) is 1. The van der Waals surface area contributed by atoms with Gasteiger partial charge in [-0.2, -0.15) is 0 Å². The summed E-state index contributed by atoms with van der Waals surface area (Å²) in [5.41, 5.74) is 6.80. The van der Waals surface area contributed by atoms with Crippen LogP contribution in [0, 0.1) is 0 Å². The van der Waals surface area contributed by atoms with Crippen molar-refractivity contribution in [1.29, 1.82) is 0 Å². The molecule has 14 heavy (non-hydrogen) atoms. The number of nitrogen functional groups attached to an aromatic ring is 1. The summed E-state index contributed by atoms with van der Waals surface area (Å²) in [4.78, 5) is 5.53. The molecule has 1 atom stereocenters. The molecular formula is C10H17N3S. The predicted molar refractivity (Wildman–Crippen MR) is 60.6 cm³/mol. The highest BCUT2D eigenvalue weighted by molar-refractivity contribution is 7.15. The summed E-state index contributed by atoms with van der Waals surface area (Å²) in [7, 11) is 0. The van der Waals surface area contributed by atoms with E-state index >= 15 is 0 Å². The minimum absolute atomic E-state index is 0.223. The summed E-state index contributed by atoms with van der Waals surface area (Å²) < 4.78 is 21.4. The minimum Gasteiger partial charge on any atom is -0.375 e. The third kappa shape index (κ3) is 2.07. The Bertz CT molecular complexity index is 389. The van der Waals surface area contributed by atoms with E-state index in [1.165, 1.54) is 4.88 Å². The van der Waals surface area contributed by atoms with Gasteiger partial charge in [0.25, 0.3) is 0 Å². The summed E-state index contributed by atoms with van der Waals surface area (Å²) in [6.45, 7) is -1.29. The summed E-state index contributed by atoms with van der Waals surface area (Å²) in [6, 6.07) is 0.365. The van der Waals surface area contributed by atoms with Crippen LogP contribution in [0.3, 0.4) is 0 Å². The molecule has 0 spiro atoms. The number of anilines is 1. The van der Waals surface area contributed by atoms with Crippen molar-refractivity contribution in [1.82, 2.24) is 10.3 Å². The number of hydrogen-bond acceptors (Lipinski definition) is 4. The van der Waals surface area contributed by atoms with Crippen molar-refractivity contribution in [2.24, 2.45) is 0 Å². The lowest BCUT2D eigenvalue weighted by Crippen LogP contribution is -2.34. The number of nitrogens with one attached hydrogen (secondary N) is 1. The fourth-order valence-corrected chi connectivity index (χ4v) is 2.80. The number of aromatic nitrogens is 1. The topological polar surface area (TPSA) is 50.9 Å². The number of aryl methyl sites for hydroxylation is 1. The van der Waals surface area contributed by atoms with E-state index in [-0.39, 0.29) is 6.42 Å². The zero-order valence-electron chi connectivity index (χ0n) is 11.0. The van der Waals surface area contributed by atoms with E-state index < -0.39 is 6.85 Å². The van der Waals surface area contributed by atoms with Gasteiger partial charge in [0.2, 0.25) is 0 Å². The molecule has 1 aliphatic carbocycles. The van der Waals surface area contributed by atoms with Gasteiger partial charge < -0.3 is 11.1 Å². The van der Waals surface area contributed by atoms with E-state index in [9.17, 15) is 0 Å². The van der Waals surface area contributed by atoms with Crippen LogP contribution in [0.5, 0.6) is 0 Å². The maximum Gasteiger partial charge on any atom is 0.180 e. The molecule has 1 aromatic rings. The van der Waals surface area contributed by atoms with Crippen LogP contribution >= 0.6 is 11.3 Å². The number of thiazole rings is 1. The van der Waals surface area contributed by atoms with Gasteiger partial charge in [-0.05, 0) is 32.2 Å². The Kier molecular flexibility index (Phi) is 2.08. The Morgan fingerprint density at radius 2 is 2.71 bits per heavy atom. The molecule has 0 unspecified atom stereocenters. The lowest BCUT2D eigenvalue weighted by Gasteiger charge is -2.21. The maximum absolute atomic E-state index is 7.14. The van der Waals surface area contributed by atoms with Gasteiger partial charge in [-0.3, -0.25) is 0 Å². The molecular weight excluding hydrogens is 194 g/mol. The van der Waals surface area contributed by atoms with E-state index in [0.717, 1.165) is 25.0 Å². The van der Waals surface area contributed by atoms with Crippen LogP contribution < -0.4 is 11.1 Å². The second-order valence-electron chi connectivity index (χ2n) is 3.57. The molecule has 0 amide bonds. The molecule has 0 aromatic carbocycles. The SMILES string of the molecule is [2H]C([2H])([2H])CCN[C@H]1CCc2nc(N)sc2C1. The molecule has 0 bridgehead atoms. The average Bonchev–Trinajstić information content (AvgIpc) is 2.55. The number of hydrogen-bond donors (Lipinski definition) is 2. The standard InChI is InChI=1S/C10H17N3S/c1-2-5-12-7-3-4-8-9(6-7)14-10(11)13-8/h7,12H,2-6H2,1H3,(H2,11,13)/t7-/m0/s1/i1D3. The molecule has 4 heteroatoms. The largest absolute Gasteiger partial charge is 0.375 e. The van der Waals surface area contributed by atoms with Gasteiger partial charge in [0, 0.05) is 15.0 Å². The Hall–Kier alpha value is -0.610. The van der Waals surface area contributed by atoms with Crippen molar-refractivity contribution in [3.63, 3.8) is 0 Å². The summed E-state index contributed by atoms with van der Waals surface area (Å²) in [6.07, 6.45) is 3.10. The molecule has 0 radical (unpaired) electrons. The van der Waals surface area contributed by atoms with Crippen LogP contribution in [-0.2, 0) is 12.8 Å². The van der Waals surface area contributed by atoms with Crippen molar-refractivity contribution in [2.45, 2.75) is 38.6 Å². The van der Waals surface area contributed by atoms with Crippen LogP contribution in [0.1, 0.15) is 34.4 Å². The van der Waals surface area contributed by atoms with Crippen LogP contribution in [-0.4, -0.2) is 17.6 Å². The van der Waals surface area contributed by atoms with Gasteiger partial charge >= 0.3 is 0 Å². The fourth-order valence-electron chi connectivity index (χ4n) is 1.85. The predicted octanol–water partition coefficient (Wildman–Crippen LogP) is 1.58. The average molecular weight is 214 g/mol. The van der Waals surface area contributed by atoms with Gasteiger partial charge in [0.05, 0.1) is 5.69 Å². The van der Waals surface area contributed by atoms with E-state index in [4.69, 9.17) is 9.85 Å². The normalized spacial score (nSPS) is 24.9. The Morgan fingerprint density at radius 3 is 3.57 bits per heavy atom. The van der Waals surface area contributed by atoms with Gasteiger partial charge in [-0.15, -0.1) is 11.3 Å². The first kappa shape index (κ1) is 6.80. The lowest BCUT2D eigenvalue weighted by molar-refractivity contribution is 0.460. The lowest BCUT2D eigenvalue weighted by atomic mass is 9.98. The fraction of sp³-hybridized carbons (Fsp3) is 0.700. The van der Waals surface area contributed by atoms with E-state index in [1.807, 2.05) is 0 Å². The van der Waals surface area contributed by atoms with Gasteiger partial charge in [-0.1, -0.05) is 6.85 Å². The zero-order valence-corrected chi connectivity index (χ0v) is 8.86. The highest BCUT2D eigenvalue weighted by Gasteiger charge is 2.21. The Balaban J connectivity index is 1.82. The van der Waals surface area contributed by atoms with Crippen LogP contribution in [0.15, 0.2) is 0 Å². The summed E-state index contributed by atoms with van der Waals surface area (Å²) >= 11 is 1.55. The van der Waals surface area contributed by atoms with Crippen LogP contribution in [0.2, 0.25) is 0 Å². The number of rotatable bonds is 3. The van der Waals surface area contributed by atoms with E-state index in [0.29, 0.717) is 17.7 Å². The van der Waals surface area contributed by atoms with Gasteiger partial charge in [0.15, 0.2) is 5.13 Å². The highest BCUT2D eigenvalue weighted by Crippen LogP contribution is 2.27. The third-order valence-electron chi connectivity index (χ3n) is 2.51. The van der Waals surface area contributed by atoms with Crippen molar-refractivity contribution in [3.05, 3.63) is 10.6 Å². The highest BCUT2D eigenvalue weighted by atomic mass is 32.1. The molecule has 1 aromatic heterocycles. The molecule has 3 N–H and O–H groups in total. The van der Waals surface area contributed by atoms with E-state index in [1.54, 1.807) is 11.3 Å². The molecule has 2 rings (SSSR count). The Morgan fingerprint density at radius 1 is 1.79 bits per heavy atom. The monoisotopic (exact) mass is 214 g/mol. The Labute approximate surface area is 92.9 Å². The van der Waals surface area contributed by atoms with Crippen molar-refractivity contribution in [2.75, 3.05) is 12.3 Å². The van der Waals surface area contributed by atoms with Gasteiger partial charge in [0.1, 0.15) is 0 Å². The van der Waals surface area contributed by atoms with Crippen molar-refractivity contribution < 1.29 is 4.11 Å². The van der Waals surface area contributed by atoms with Crippen LogP contribution in [0.4, 0.5) is 5.13 Å². The molecule has 0 aliphatic heterocycles. The minimum atomic E-state index is -1.83. The molecule has 0 saturated carbocycles.